The molecule has 0 aliphatic carbocycles. The number of hydrogen-bond donors (Lipinski definition) is 1. The summed E-state index contributed by atoms with van der Waals surface area (Å²) in [6, 6.07) is 18.6. The SMILES string of the molecule is COc1cccc(C(=O)C(c2cccc(Cl)c2)c2cc(C(C)(C)C)c(O)c(C(C)(C)C)c2)c1. The Morgan fingerprint density at radius 2 is 1.42 bits per heavy atom. The fraction of sp³-hybridized carbons (Fsp3) is 0.345. The van der Waals surface area contributed by atoms with Gasteiger partial charge in [0.1, 0.15) is 11.5 Å². The Balaban J connectivity index is 2.32. The van der Waals surface area contributed by atoms with Crippen molar-refractivity contribution < 1.29 is 14.6 Å². The Hall–Kier alpha value is -2.78. The average molecular weight is 465 g/mol. The van der Waals surface area contributed by atoms with Gasteiger partial charge in [-0.15, -0.1) is 0 Å². The van der Waals surface area contributed by atoms with Crippen LogP contribution in [0.15, 0.2) is 60.7 Å². The molecule has 4 heteroatoms. The highest BCUT2D eigenvalue weighted by atomic mass is 35.5. The van der Waals surface area contributed by atoms with Gasteiger partial charge in [0.2, 0.25) is 0 Å². The molecule has 3 aromatic rings. The Morgan fingerprint density at radius 1 is 0.848 bits per heavy atom. The number of carbonyl (C=O) groups is 1. The Kier molecular flexibility index (Phi) is 6.95. The topological polar surface area (TPSA) is 46.5 Å². The third kappa shape index (κ3) is 5.42. The van der Waals surface area contributed by atoms with E-state index in [1.165, 1.54) is 0 Å². The maximum Gasteiger partial charge on any atom is 0.174 e. The zero-order valence-corrected chi connectivity index (χ0v) is 21.2. The Bertz CT molecular complexity index is 1130. The largest absolute Gasteiger partial charge is 0.507 e. The lowest BCUT2D eigenvalue weighted by atomic mass is 9.75. The number of carbonyl (C=O) groups excluding carboxylic acids is 1. The summed E-state index contributed by atoms with van der Waals surface area (Å²) in [4.78, 5) is 14.0. The fourth-order valence-corrected chi connectivity index (χ4v) is 4.29. The lowest BCUT2D eigenvalue weighted by molar-refractivity contribution is 0.0973. The van der Waals surface area contributed by atoms with Crippen LogP contribution in [0.5, 0.6) is 11.5 Å². The first-order chi connectivity index (χ1) is 15.3. The second kappa shape index (κ2) is 9.23. The van der Waals surface area contributed by atoms with Crippen LogP contribution >= 0.6 is 11.6 Å². The van der Waals surface area contributed by atoms with E-state index < -0.39 is 5.92 Å². The molecule has 0 radical (unpaired) electrons. The minimum absolute atomic E-state index is 0.0541. The third-order valence-corrected chi connectivity index (χ3v) is 6.12. The maximum atomic E-state index is 14.0. The van der Waals surface area contributed by atoms with Crippen molar-refractivity contribution in [3.05, 3.63) is 93.5 Å². The summed E-state index contributed by atoms with van der Waals surface area (Å²) in [6.45, 7) is 12.4. The quantitative estimate of drug-likeness (QED) is 0.394. The van der Waals surface area contributed by atoms with Crippen LogP contribution in [0.25, 0.3) is 0 Å². The van der Waals surface area contributed by atoms with Gasteiger partial charge in [0.15, 0.2) is 5.78 Å². The van der Waals surface area contributed by atoms with Gasteiger partial charge >= 0.3 is 0 Å². The molecular formula is C29H33ClO3. The summed E-state index contributed by atoms with van der Waals surface area (Å²) in [5.74, 6) is 0.278. The summed E-state index contributed by atoms with van der Waals surface area (Å²) >= 11 is 6.34. The number of aromatic hydroxyl groups is 1. The second-order valence-corrected chi connectivity index (χ2v) is 11.0. The minimum Gasteiger partial charge on any atom is -0.507 e. The van der Waals surface area contributed by atoms with Crippen LogP contribution in [0.2, 0.25) is 5.02 Å². The monoisotopic (exact) mass is 464 g/mol. The van der Waals surface area contributed by atoms with Crippen LogP contribution in [-0.2, 0) is 10.8 Å². The van der Waals surface area contributed by atoms with Gasteiger partial charge in [0.25, 0.3) is 0 Å². The number of rotatable bonds is 5. The summed E-state index contributed by atoms with van der Waals surface area (Å²) in [6.07, 6.45) is 0. The summed E-state index contributed by atoms with van der Waals surface area (Å²) < 4.78 is 5.35. The van der Waals surface area contributed by atoms with E-state index in [2.05, 4.69) is 41.5 Å². The zero-order chi connectivity index (χ0) is 24.6. The van der Waals surface area contributed by atoms with Gasteiger partial charge in [0.05, 0.1) is 13.0 Å². The highest BCUT2D eigenvalue weighted by Crippen LogP contribution is 2.43. The molecule has 0 fully saturated rings. The molecule has 0 aliphatic heterocycles. The number of methoxy groups -OCH3 is 1. The van der Waals surface area contributed by atoms with Gasteiger partial charge in [-0.25, -0.2) is 0 Å². The molecule has 1 atom stereocenters. The van der Waals surface area contributed by atoms with Gasteiger partial charge in [-0.1, -0.05) is 89.5 Å². The first-order valence-electron chi connectivity index (χ1n) is 11.1. The van der Waals surface area contributed by atoms with Gasteiger partial charge in [0, 0.05) is 10.6 Å². The van der Waals surface area contributed by atoms with Gasteiger partial charge in [-0.3, -0.25) is 4.79 Å². The number of Topliss-reactive ketones (excluding diaryl/α,β-unsaturated/α-hetero) is 1. The molecule has 3 aromatic carbocycles. The number of halogens is 1. The van der Waals surface area contributed by atoms with E-state index in [1.54, 1.807) is 25.3 Å². The molecule has 0 saturated heterocycles. The number of phenolic OH excluding ortho intramolecular Hbond substituents is 1. The molecule has 33 heavy (non-hydrogen) atoms. The Labute approximate surface area is 202 Å². The summed E-state index contributed by atoms with van der Waals surface area (Å²) in [5, 5.41) is 11.8. The van der Waals surface area contributed by atoms with E-state index in [9.17, 15) is 9.90 Å². The molecule has 174 valence electrons. The molecule has 0 amide bonds. The van der Waals surface area contributed by atoms with Crippen molar-refractivity contribution in [1.82, 2.24) is 0 Å². The van der Waals surface area contributed by atoms with Gasteiger partial charge < -0.3 is 9.84 Å². The molecule has 3 rings (SSSR count). The number of phenols is 1. The van der Waals surface area contributed by atoms with E-state index in [1.807, 2.05) is 42.5 Å². The normalized spacial score (nSPS) is 13.0. The van der Waals surface area contributed by atoms with Crippen LogP contribution < -0.4 is 4.74 Å². The number of hydrogen-bond acceptors (Lipinski definition) is 3. The van der Waals surface area contributed by atoms with Crippen molar-refractivity contribution in [2.24, 2.45) is 0 Å². The zero-order valence-electron chi connectivity index (χ0n) is 20.5. The molecule has 0 aliphatic rings. The van der Waals surface area contributed by atoms with Gasteiger partial charge in [-0.2, -0.15) is 0 Å². The first kappa shape index (κ1) is 24.9. The van der Waals surface area contributed by atoms with Crippen LogP contribution in [0.3, 0.4) is 0 Å². The molecular weight excluding hydrogens is 432 g/mol. The number of ketones is 1. The van der Waals surface area contributed by atoms with Crippen molar-refractivity contribution in [3.63, 3.8) is 0 Å². The molecule has 3 nitrogen and oxygen atoms in total. The number of ether oxygens (including phenoxy) is 1. The standard InChI is InChI=1S/C29H33ClO3/c1-28(2,3)23-16-20(17-24(27(23)32)29(4,5)6)25(18-10-8-12-21(30)14-18)26(31)19-11-9-13-22(15-19)33-7/h8-17,25,32H,1-7H3. The van der Waals surface area contributed by atoms with E-state index in [4.69, 9.17) is 16.3 Å². The van der Waals surface area contributed by atoms with E-state index >= 15 is 0 Å². The fourth-order valence-electron chi connectivity index (χ4n) is 4.09. The molecule has 0 saturated carbocycles. The van der Waals surface area contributed by atoms with E-state index in [0.717, 1.165) is 22.3 Å². The number of benzene rings is 3. The van der Waals surface area contributed by atoms with Crippen LogP contribution in [-0.4, -0.2) is 18.0 Å². The molecule has 0 aromatic heterocycles. The molecule has 1 N–H and O–H groups in total. The molecule has 1 unspecified atom stereocenters. The van der Waals surface area contributed by atoms with Crippen molar-refractivity contribution in [1.29, 1.82) is 0 Å². The minimum atomic E-state index is -0.585. The van der Waals surface area contributed by atoms with Crippen molar-refractivity contribution in [2.45, 2.75) is 58.3 Å². The maximum absolute atomic E-state index is 14.0. The molecule has 0 bridgehead atoms. The van der Waals surface area contributed by atoms with Crippen LogP contribution in [0.1, 0.15) is 80.1 Å². The van der Waals surface area contributed by atoms with E-state index in [0.29, 0.717) is 16.3 Å². The molecule has 0 spiro atoms. The lowest BCUT2D eigenvalue weighted by Crippen LogP contribution is -2.21. The second-order valence-electron chi connectivity index (χ2n) is 10.5. The van der Waals surface area contributed by atoms with Crippen LogP contribution in [0.4, 0.5) is 0 Å². The van der Waals surface area contributed by atoms with Crippen molar-refractivity contribution >= 4 is 17.4 Å². The predicted molar refractivity (Wildman–Crippen MR) is 136 cm³/mol. The van der Waals surface area contributed by atoms with Crippen molar-refractivity contribution in [2.75, 3.05) is 7.11 Å². The smallest absolute Gasteiger partial charge is 0.174 e. The lowest BCUT2D eigenvalue weighted by Gasteiger charge is -2.30. The van der Waals surface area contributed by atoms with Crippen molar-refractivity contribution in [3.8, 4) is 11.5 Å². The highest BCUT2D eigenvalue weighted by Gasteiger charge is 2.31. The van der Waals surface area contributed by atoms with Crippen LogP contribution in [0, 0.1) is 0 Å². The van der Waals surface area contributed by atoms with Gasteiger partial charge in [-0.05, 0) is 57.3 Å². The summed E-state index contributed by atoms with van der Waals surface area (Å²) in [7, 11) is 1.59. The summed E-state index contributed by atoms with van der Waals surface area (Å²) in [5.41, 5.74) is 3.21. The predicted octanol–water partition coefficient (Wildman–Crippen LogP) is 7.66. The van der Waals surface area contributed by atoms with E-state index in [-0.39, 0.29) is 22.4 Å². The third-order valence-electron chi connectivity index (χ3n) is 5.88. The Morgan fingerprint density at radius 3 is 1.94 bits per heavy atom. The average Bonchev–Trinajstić information content (AvgIpc) is 2.73. The molecule has 0 heterocycles. The highest BCUT2D eigenvalue weighted by molar-refractivity contribution is 6.30. The first-order valence-corrected chi connectivity index (χ1v) is 11.5.